The molecular weight excluding hydrogens is 382 g/mol. The van der Waals surface area contributed by atoms with E-state index >= 15 is 0 Å². The summed E-state index contributed by atoms with van der Waals surface area (Å²) in [6.45, 7) is 1.90. The second kappa shape index (κ2) is 8.63. The molecule has 0 saturated carbocycles. The van der Waals surface area contributed by atoms with Gasteiger partial charge in [0.2, 0.25) is 0 Å². The third kappa shape index (κ3) is 5.24. The van der Waals surface area contributed by atoms with E-state index in [-0.39, 0.29) is 11.9 Å². The summed E-state index contributed by atoms with van der Waals surface area (Å²) >= 11 is 0. The Balaban J connectivity index is 1.65. The SMILES string of the molecule is COC(=O)c1ccc(-c2cc(N3CCC(CNS(N)(=O)=O)CC3)ncn2)cc1. The van der Waals surface area contributed by atoms with Gasteiger partial charge in [-0.05, 0) is 30.9 Å². The molecule has 0 amide bonds. The smallest absolute Gasteiger partial charge is 0.337 e. The number of carbonyl (C=O) groups excluding carboxylic acids is 1. The van der Waals surface area contributed by atoms with Crippen molar-refractivity contribution in [2.75, 3.05) is 31.6 Å². The minimum Gasteiger partial charge on any atom is -0.465 e. The lowest BCUT2D eigenvalue weighted by Gasteiger charge is -2.32. The molecule has 1 aliphatic rings. The monoisotopic (exact) mass is 405 g/mol. The summed E-state index contributed by atoms with van der Waals surface area (Å²) in [5, 5.41) is 4.98. The summed E-state index contributed by atoms with van der Waals surface area (Å²) in [6, 6.07) is 8.96. The zero-order valence-electron chi connectivity index (χ0n) is 15.5. The number of ether oxygens (including phenoxy) is 1. The van der Waals surface area contributed by atoms with Gasteiger partial charge in [-0.15, -0.1) is 0 Å². The maximum atomic E-state index is 11.6. The molecule has 0 atom stereocenters. The maximum Gasteiger partial charge on any atom is 0.337 e. The van der Waals surface area contributed by atoms with E-state index < -0.39 is 10.2 Å². The molecular formula is C18H23N5O4S. The Morgan fingerprint density at radius 1 is 1.25 bits per heavy atom. The van der Waals surface area contributed by atoms with E-state index in [4.69, 9.17) is 9.88 Å². The second-order valence-corrected chi connectivity index (χ2v) is 8.03. The molecule has 0 bridgehead atoms. The van der Waals surface area contributed by atoms with Gasteiger partial charge in [0.15, 0.2) is 0 Å². The summed E-state index contributed by atoms with van der Waals surface area (Å²) in [6.07, 6.45) is 3.21. The summed E-state index contributed by atoms with van der Waals surface area (Å²) in [4.78, 5) is 22.4. The molecule has 2 heterocycles. The molecule has 0 spiro atoms. The molecule has 0 unspecified atom stereocenters. The summed E-state index contributed by atoms with van der Waals surface area (Å²) in [5.41, 5.74) is 2.12. The third-order valence-corrected chi connectivity index (χ3v) is 5.34. The number of rotatable bonds is 6. The lowest BCUT2D eigenvalue weighted by Crippen LogP contribution is -2.40. The molecule has 3 rings (SSSR count). The van der Waals surface area contributed by atoms with Crippen molar-refractivity contribution in [3.63, 3.8) is 0 Å². The first kappa shape index (κ1) is 20.2. The van der Waals surface area contributed by atoms with E-state index in [0.29, 0.717) is 12.1 Å². The van der Waals surface area contributed by atoms with Crippen molar-refractivity contribution in [3.05, 3.63) is 42.2 Å². The van der Waals surface area contributed by atoms with E-state index in [0.717, 1.165) is 43.0 Å². The minimum absolute atomic E-state index is 0.252. The lowest BCUT2D eigenvalue weighted by atomic mass is 9.97. The molecule has 1 aromatic carbocycles. The topological polar surface area (TPSA) is 128 Å². The molecule has 1 aromatic heterocycles. The van der Waals surface area contributed by atoms with Crippen LogP contribution in [0.25, 0.3) is 11.3 Å². The van der Waals surface area contributed by atoms with Gasteiger partial charge in [-0.2, -0.15) is 8.42 Å². The van der Waals surface area contributed by atoms with Gasteiger partial charge in [-0.25, -0.2) is 24.6 Å². The van der Waals surface area contributed by atoms with Crippen molar-refractivity contribution in [1.29, 1.82) is 0 Å². The number of methoxy groups -OCH3 is 1. The molecule has 0 radical (unpaired) electrons. The number of aromatic nitrogens is 2. The third-order valence-electron chi connectivity index (χ3n) is 4.77. The number of carbonyl (C=O) groups is 1. The molecule has 2 aromatic rings. The summed E-state index contributed by atoms with van der Waals surface area (Å²) in [5.74, 6) is 0.691. The number of nitrogens with zero attached hydrogens (tertiary/aromatic N) is 3. The first-order valence-electron chi connectivity index (χ1n) is 8.89. The van der Waals surface area contributed by atoms with Gasteiger partial charge in [-0.1, -0.05) is 12.1 Å². The van der Waals surface area contributed by atoms with Crippen LogP contribution in [0.15, 0.2) is 36.7 Å². The van der Waals surface area contributed by atoms with Crippen molar-refractivity contribution in [2.24, 2.45) is 11.1 Å². The number of piperidine rings is 1. The van der Waals surface area contributed by atoms with Crippen LogP contribution in [0.1, 0.15) is 23.2 Å². The number of hydrogen-bond donors (Lipinski definition) is 2. The average Bonchev–Trinajstić information content (AvgIpc) is 2.72. The Kier molecular flexibility index (Phi) is 6.22. The first-order valence-corrected chi connectivity index (χ1v) is 10.4. The van der Waals surface area contributed by atoms with Crippen molar-refractivity contribution >= 4 is 22.0 Å². The van der Waals surface area contributed by atoms with Crippen LogP contribution in [0.2, 0.25) is 0 Å². The zero-order valence-corrected chi connectivity index (χ0v) is 16.4. The van der Waals surface area contributed by atoms with Crippen LogP contribution in [-0.4, -0.2) is 51.1 Å². The number of esters is 1. The zero-order chi connectivity index (χ0) is 20.1. The van der Waals surface area contributed by atoms with Crippen molar-refractivity contribution in [3.8, 4) is 11.3 Å². The maximum absolute atomic E-state index is 11.6. The van der Waals surface area contributed by atoms with Crippen LogP contribution < -0.4 is 14.8 Å². The fraction of sp³-hybridized carbons (Fsp3) is 0.389. The number of hydrogen-bond acceptors (Lipinski definition) is 7. The molecule has 28 heavy (non-hydrogen) atoms. The number of nitrogens with two attached hydrogens (primary N) is 1. The lowest BCUT2D eigenvalue weighted by molar-refractivity contribution is 0.0600. The number of nitrogens with one attached hydrogen (secondary N) is 1. The molecule has 10 heteroatoms. The largest absolute Gasteiger partial charge is 0.465 e. The second-order valence-electron chi connectivity index (χ2n) is 6.65. The number of anilines is 1. The summed E-state index contributed by atoms with van der Waals surface area (Å²) < 4.78 is 29.1. The van der Waals surface area contributed by atoms with Gasteiger partial charge < -0.3 is 9.64 Å². The number of benzene rings is 1. The van der Waals surface area contributed by atoms with Gasteiger partial charge >= 0.3 is 5.97 Å². The quantitative estimate of drug-likeness (QED) is 0.685. The van der Waals surface area contributed by atoms with E-state index in [9.17, 15) is 13.2 Å². The predicted octanol–water partition coefficient (Wildman–Crippen LogP) is 0.940. The van der Waals surface area contributed by atoms with Gasteiger partial charge in [0.1, 0.15) is 12.1 Å². The van der Waals surface area contributed by atoms with Gasteiger partial charge in [-0.3, -0.25) is 0 Å². The standard InChI is InChI=1S/C18H23N5O4S/c1-27-18(24)15-4-2-14(3-5-15)16-10-17(21-12-20-16)23-8-6-13(7-9-23)11-22-28(19,25)26/h2-5,10,12-13,22H,6-9,11H2,1H3,(H2,19,25,26). The van der Waals surface area contributed by atoms with Crippen LogP contribution >= 0.6 is 0 Å². The normalized spacial score (nSPS) is 15.4. The summed E-state index contributed by atoms with van der Waals surface area (Å²) in [7, 11) is -2.30. The van der Waals surface area contributed by atoms with Crippen LogP contribution in [-0.2, 0) is 14.9 Å². The van der Waals surface area contributed by atoms with Gasteiger partial charge in [0.25, 0.3) is 10.2 Å². The highest BCUT2D eigenvalue weighted by atomic mass is 32.2. The predicted molar refractivity (Wildman–Crippen MR) is 105 cm³/mol. The molecule has 1 fully saturated rings. The van der Waals surface area contributed by atoms with Crippen LogP contribution in [0, 0.1) is 5.92 Å². The van der Waals surface area contributed by atoms with Crippen molar-refractivity contribution < 1.29 is 17.9 Å². The Hall–Kier alpha value is -2.56. The Morgan fingerprint density at radius 2 is 1.93 bits per heavy atom. The fourth-order valence-electron chi connectivity index (χ4n) is 3.17. The molecule has 1 aliphatic heterocycles. The van der Waals surface area contributed by atoms with Gasteiger partial charge in [0.05, 0.1) is 18.4 Å². The van der Waals surface area contributed by atoms with Crippen LogP contribution in [0.5, 0.6) is 0 Å². The van der Waals surface area contributed by atoms with E-state index in [1.165, 1.54) is 13.4 Å². The molecule has 9 nitrogen and oxygen atoms in total. The van der Waals surface area contributed by atoms with Crippen LogP contribution in [0.4, 0.5) is 5.82 Å². The molecule has 150 valence electrons. The average molecular weight is 405 g/mol. The minimum atomic E-state index is -3.65. The Morgan fingerprint density at radius 3 is 2.54 bits per heavy atom. The van der Waals surface area contributed by atoms with Gasteiger partial charge in [0, 0.05) is 31.3 Å². The van der Waals surface area contributed by atoms with E-state index in [2.05, 4.69) is 19.6 Å². The molecule has 1 saturated heterocycles. The molecule has 3 N–H and O–H groups in total. The Bertz CT molecular complexity index is 925. The van der Waals surface area contributed by atoms with Crippen LogP contribution in [0.3, 0.4) is 0 Å². The van der Waals surface area contributed by atoms with E-state index in [1.54, 1.807) is 12.1 Å². The fourth-order valence-corrected chi connectivity index (χ4v) is 3.64. The van der Waals surface area contributed by atoms with Crippen molar-refractivity contribution in [2.45, 2.75) is 12.8 Å². The highest BCUT2D eigenvalue weighted by Crippen LogP contribution is 2.25. The highest BCUT2D eigenvalue weighted by Gasteiger charge is 2.21. The van der Waals surface area contributed by atoms with E-state index in [1.807, 2.05) is 18.2 Å². The first-order chi connectivity index (χ1) is 13.4. The van der Waals surface area contributed by atoms with Crippen molar-refractivity contribution in [1.82, 2.24) is 14.7 Å². The Labute approximate surface area is 164 Å². The highest BCUT2D eigenvalue weighted by molar-refractivity contribution is 7.87. The molecule has 0 aliphatic carbocycles.